The molecule has 0 spiro atoms. The predicted molar refractivity (Wildman–Crippen MR) is 70.3 cm³/mol. The molecule has 17 heavy (non-hydrogen) atoms. The number of nitrogens with one attached hydrogen (secondary N) is 1. The predicted octanol–water partition coefficient (Wildman–Crippen LogP) is 3.06. The minimum absolute atomic E-state index is 0.238. The van der Waals surface area contributed by atoms with Gasteiger partial charge in [-0.3, -0.25) is 0 Å². The van der Waals surface area contributed by atoms with Gasteiger partial charge in [0.15, 0.2) is 0 Å². The Kier molecular flexibility index (Phi) is 4.16. The van der Waals surface area contributed by atoms with Crippen LogP contribution in [0.5, 0.6) is 0 Å². The van der Waals surface area contributed by atoms with E-state index in [4.69, 9.17) is 4.74 Å². The second-order valence-corrected chi connectivity index (χ2v) is 4.77. The third-order valence-electron chi connectivity index (χ3n) is 2.75. The fraction of sp³-hybridized carbons (Fsp3) is 0.500. The van der Waals surface area contributed by atoms with Crippen molar-refractivity contribution in [2.24, 2.45) is 0 Å². The van der Waals surface area contributed by atoms with E-state index in [0.717, 1.165) is 5.69 Å². The number of esters is 1. The molecule has 0 aliphatic heterocycles. The molecule has 0 aromatic heterocycles. The molecule has 0 amide bonds. The zero-order valence-corrected chi connectivity index (χ0v) is 11.3. The van der Waals surface area contributed by atoms with Gasteiger partial charge in [0.25, 0.3) is 0 Å². The molecule has 3 heteroatoms. The maximum absolute atomic E-state index is 11.7. The fourth-order valence-corrected chi connectivity index (χ4v) is 1.54. The molecule has 1 aromatic carbocycles. The third kappa shape index (κ3) is 3.48. The first-order chi connectivity index (χ1) is 7.86. The summed E-state index contributed by atoms with van der Waals surface area (Å²) in [6.07, 6.45) is 0. The highest BCUT2D eigenvalue weighted by molar-refractivity contribution is 5.83. The normalized spacial score (nSPS) is 11.1. The number of hydrogen-bond acceptors (Lipinski definition) is 3. The number of hydrogen-bond donors (Lipinski definition) is 1. The van der Waals surface area contributed by atoms with E-state index in [1.54, 1.807) is 0 Å². The highest BCUT2D eigenvalue weighted by Crippen LogP contribution is 2.19. The van der Waals surface area contributed by atoms with E-state index >= 15 is 0 Å². The Morgan fingerprint density at radius 1 is 1.29 bits per heavy atom. The van der Waals surface area contributed by atoms with Gasteiger partial charge in [-0.25, -0.2) is 4.79 Å². The van der Waals surface area contributed by atoms with Crippen molar-refractivity contribution < 1.29 is 9.53 Å². The summed E-state index contributed by atoms with van der Waals surface area (Å²) in [4.78, 5) is 11.7. The highest BCUT2D eigenvalue weighted by atomic mass is 16.5. The smallest absolute Gasteiger partial charge is 0.331 e. The molecule has 0 aliphatic carbocycles. The van der Waals surface area contributed by atoms with Crippen LogP contribution in [0.2, 0.25) is 0 Å². The van der Waals surface area contributed by atoms with E-state index < -0.39 is 5.54 Å². The Bertz CT molecular complexity index is 411. The molecule has 3 nitrogen and oxygen atoms in total. The van der Waals surface area contributed by atoms with Crippen LogP contribution in [0.25, 0.3) is 0 Å². The summed E-state index contributed by atoms with van der Waals surface area (Å²) in [6.45, 7) is 9.97. The Morgan fingerprint density at radius 2 is 1.94 bits per heavy atom. The van der Waals surface area contributed by atoms with Crippen LogP contribution in [0.15, 0.2) is 18.2 Å². The summed E-state index contributed by atoms with van der Waals surface area (Å²) in [5, 5.41) is 3.20. The van der Waals surface area contributed by atoms with Gasteiger partial charge in [0, 0.05) is 5.69 Å². The van der Waals surface area contributed by atoms with Crippen molar-refractivity contribution in [1.82, 2.24) is 0 Å². The number of rotatable bonds is 4. The van der Waals surface area contributed by atoms with E-state index in [9.17, 15) is 4.79 Å². The molecular weight excluding hydrogens is 214 g/mol. The van der Waals surface area contributed by atoms with Crippen molar-refractivity contribution in [2.45, 2.75) is 40.2 Å². The van der Waals surface area contributed by atoms with Crippen molar-refractivity contribution >= 4 is 11.7 Å². The van der Waals surface area contributed by atoms with Gasteiger partial charge in [-0.05, 0) is 57.9 Å². The summed E-state index contributed by atoms with van der Waals surface area (Å²) in [5.74, 6) is -0.238. The first-order valence-electron chi connectivity index (χ1n) is 5.89. The monoisotopic (exact) mass is 235 g/mol. The number of carbonyl (C=O) groups is 1. The van der Waals surface area contributed by atoms with Crippen LogP contribution in [-0.4, -0.2) is 18.1 Å². The van der Waals surface area contributed by atoms with Crippen molar-refractivity contribution in [1.29, 1.82) is 0 Å². The lowest BCUT2D eigenvalue weighted by Gasteiger charge is -2.25. The molecule has 0 heterocycles. The van der Waals surface area contributed by atoms with Crippen LogP contribution in [0.3, 0.4) is 0 Å². The molecular formula is C14H21NO2. The Morgan fingerprint density at radius 3 is 2.47 bits per heavy atom. The maximum atomic E-state index is 11.7. The fourth-order valence-electron chi connectivity index (χ4n) is 1.54. The average molecular weight is 235 g/mol. The van der Waals surface area contributed by atoms with Gasteiger partial charge in [0.05, 0.1) is 6.61 Å². The zero-order chi connectivity index (χ0) is 13.1. The summed E-state index contributed by atoms with van der Waals surface area (Å²) in [6, 6.07) is 6.05. The van der Waals surface area contributed by atoms with Gasteiger partial charge < -0.3 is 10.1 Å². The quantitative estimate of drug-likeness (QED) is 0.815. The van der Waals surface area contributed by atoms with Crippen LogP contribution in [-0.2, 0) is 9.53 Å². The van der Waals surface area contributed by atoms with E-state index in [2.05, 4.69) is 19.2 Å². The van der Waals surface area contributed by atoms with Crippen LogP contribution < -0.4 is 5.32 Å². The van der Waals surface area contributed by atoms with E-state index in [-0.39, 0.29) is 5.97 Å². The largest absolute Gasteiger partial charge is 0.464 e. The van der Waals surface area contributed by atoms with Crippen LogP contribution in [0.1, 0.15) is 31.9 Å². The lowest BCUT2D eigenvalue weighted by Crippen LogP contribution is -2.41. The molecule has 1 aromatic rings. The zero-order valence-electron chi connectivity index (χ0n) is 11.3. The summed E-state index contributed by atoms with van der Waals surface area (Å²) in [7, 11) is 0. The molecule has 94 valence electrons. The Labute approximate surface area is 103 Å². The van der Waals surface area contributed by atoms with Crippen molar-refractivity contribution in [3.8, 4) is 0 Å². The average Bonchev–Trinajstić information content (AvgIpc) is 2.23. The lowest BCUT2D eigenvalue weighted by molar-refractivity contribution is -0.147. The molecule has 0 unspecified atom stereocenters. The molecule has 1 N–H and O–H groups in total. The van der Waals surface area contributed by atoms with Gasteiger partial charge in [-0.15, -0.1) is 0 Å². The Hall–Kier alpha value is -1.51. The minimum atomic E-state index is -0.711. The Balaban J connectivity index is 2.82. The minimum Gasteiger partial charge on any atom is -0.464 e. The second-order valence-electron chi connectivity index (χ2n) is 4.77. The van der Waals surface area contributed by atoms with Crippen LogP contribution in [0.4, 0.5) is 5.69 Å². The number of anilines is 1. The molecule has 0 radical (unpaired) electrons. The van der Waals surface area contributed by atoms with Gasteiger partial charge in [-0.2, -0.15) is 0 Å². The number of aryl methyl sites for hydroxylation is 2. The van der Waals surface area contributed by atoms with Gasteiger partial charge >= 0.3 is 5.97 Å². The van der Waals surface area contributed by atoms with Crippen molar-refractivity contribution in [3.63, 3.8) is 0 Å². The maximum Gasteiger partial charge on any atom is 0.331 e. The molecule has 0 fully saturated rings. The first-order valence-corrected chi connectivity index (χ1v) is 5.89. The number of ether oxygens (including phenoxy) is 1. The molecule has 0 saturated carbocycles. The second kappa shape index (κ2) is 5.21. The van der Waals surface area contributed by atoms with Gasteiger partial charge in [0.1, 0.15) is 5.54 Å². The summed E-state index contributed by atoms with van der Waals surface area (Å²) < 4.78 is 5.03. The standard InChI is InChI=1S/C14H21NO2/c1-6-17-13(16)14(4,5)15-12-8-7-10(2)11(3)9-12/h7-9,15H,6H2,1-5H3. The third-order valence-corrected chi connectivity index (χ3v) is 2.75. The highest BCUT2D eigenvalue weighted by Gasteiger charge is 2.28. The van der Waals surface area contributed by atoms with Crippen molar-refractivity contribution in [2.75, 3.05) is 11.9 Å². The molecule has 0 bridgehead atoms. The summed E-state index contributed by atoms with van der Waals surface area (Å²) in [5.41, 5.74) is 2.67. The lowest BCUT2D eigenvalue weighted by atomic mass is 10.0. The van der Waals surface area contributed by atoms with Crippen molar-refractivity contribution in [3.05, 3.63) is 29.3 Å². The first kappa shape index (κ1) is 13.6. The van der Waals surface area contributed by atoms with Crippen LogP contribution in [0, 0.1) is 13.8 Å². The molecule has 0 aliphatic rings. The number of carbonyl (C=O) groups excluding carboxylic acids is 1. The topological polar surface area (TPSA) is 38.3 Å². The van der Waals surface area contributed by atoms with Gasteiger partial charge in [-0.1, -0.05) is 6.07 Å². The van der Waals surface area contributed by atoms with E-state index in [1.165, 1.54) is 11.1 Å². The van der Waals surface area contributed by atoms with Gasteiger partial charge in [0.2, 0.25) is 0 Å². The number of benzene rings is 1. The van der Waals surface area contributed by atoms with E-state index in [1.807, 2.05) is 39.0 Å². The molecule has 0 atom stereocenters. The van der Waals surface area contributed by atoms with Crippen LogP contribution >= 0.6 is 0 Å². The summed E-state index contributed by atoms with van der Waals surface area (Å²) >= 11 is 0. The molecule has 1 rings (SSSR count). The van der Waals surface area contributed by atoms with E-state index in [0.29, 0.717) is 6.61 Å². The molecule has 0 saturated heterocycles. The SMILES string of the molecule is CCOC(=O)C(C)(C)Nc1ccc(C)c(C)c1.